The summed E-state index contributed by atoms with van der Waals surface area (Å²) in [6, 6.07) is 12.9. The smallest absolute Gasteiger partial charge is 0.255 e. The van der Waals surface area contributed by atoms with Gasteiger partial charge in [0.25, 0.3) is 5.91 Å². The van der Waals surface area contributed by atoms with Gasteiger partial charge in [0.05, 0.1) is 0 Å². The molecule has 1 heterocycles. The molecule has 0 bridgehead atoms. The topological polar surface area (TPSA) is 58.4 Å². The summed E-state index contributed by atoms with van der Waals surface area (Å²) in [6.07, 6.45) is 0. The Morgan fingerprint density at radius 1 is 1.14 bits per heavy atom. The summed E-state index contributed by atoms with van der Waals surface area (Å²) in [7, 11) is 3.95. The van der Waals surface area contributed by atoms with Crippen LogP contribution in [0.25, 0.3) is 11.1 Å². The van der Waals surface area contributed by atoms with E-state index in [1.54, 1.807) is 25.1 Å². The van der Waals surface area contributed by atoms with Crippen LogP contribution in [-0.2, 0) is 0 Å². The van der Waals surface area contributed by atoms with Crippen molar-refractivity contribution in [2.75, 3.05) is 24.3 Å². The lowest BCUT2D eigenvalue weighted by Crippen LogP contribution is -2.12. The molecule has 5 heteroatoms. The van der Waals surface area contributed by atoms with Crippen molar-refractivity contribution in [1.82, 2.24) is 4.98 Å². The van der Waals surface area contributed by atoms with Gasteiger partial charge in [0.1, 0.15) is 5.52 Å². The van der Waals surface area contributed by atoms with E-state index < -0.39 is 0 Å². The van der Waals surface area contributed by atoms with E-state index in [0.29, 0.717) is 22.6 Å². The molecule has 0 saturated carbocycles. The maximum Gasteiger partial charge on any atom is 0.255 e. The first-order valence-electron chi connectivity index (χ1n) is 6.99. The number of nitrogens with one attached hydrogen (secondary N) is 1. The van der Waals surface area contributed by atoms with Crippen molar-refractivity contribution >= 4 is 28.4 Å². The molecule has 0 radical (unpaired) electrons. The lowest BCUT2D eigenvalue weighted by Gasteiger charge is -2.13. The van der Waals surface area contributed by atoms with Crippen LogP contribution in [0.2, 0.25) is 0 Å². The summed E-state index contributed by atoms with van der Waals surface area (Å²) in [6.45, 7) is 1.78. The summed E-state index contributed by atoms with van der Waals surface area (Å²) in [5.41, 5.74) is 3.76. The van der Waals surface area contributed by atoms with Crippen molar-refractivity contribution in [1.29, 1.82) is 0 Å². The van der Waals surface area contributed by atoms with E-state index in [1.807, 2.05) is 43.3 Å². The van der Waals surface area contributed by atoms with Gasteiger partial charge in [0, 0.05) is 38.0 Å². The Bertz CT molecular complexity index is 820. The summed E-state index contributed by atoms with van der Waals surface area (Å²) < 4.78 is 5.41. The standard InChI is InChI=1S/C17H17N3O2/c1-11-18-15-10-12(4-9-16(15)22-11)17(21)19-13-5-7-14(8-6-13)20(2)3/h4-10H,1-3H3,(H,19,21). The van der Waals surface area contributed by atoms with Crippen molar-refractivity contribution in [3.05, 3.63) is 53.9 Å². The minimum absolute atomic E-state index is 0.167. The third-order valence-electron chi connectivity index (χ3n) is 3.40. The molecule has 0 atom stereocenters. The number of carbonyl (C=O) groups excluding carboxylic acids is 1. The molecule has 1 N–H and O–H groups in total. The summed E-state index contributed by atoms with van der Waals surface area (Å²) >= 11 is 0. The number of aromatic nitrogens is 1. The van der Waals surface area contributed by atoms with Crippen molar-refractivity contribution in [3.8, 4) is 0 Å². The number of rotatable bonds is 3. The van der Waals surface area contributed by atoms with Crippen LogP contribution in [0.4, 0.5) is 11.4 Å². The molecule has 0 aliphatic carbocycles. The number of carbonyl (C=O) groups is 1. The van der Waals surface area contributed by atoms with Crippen LogP contribution in [-0.4, -0.2) is 25.0 Å². The summed E-state index contributed by atoms with van der Waals surface area (Å²) in [5, 5.41) is 2.88. The molecule has 1 aromatic heterocycles. The van der Waals surface area contributed by atoms with Crippen LogP contribution in [0, 0.1) is 6.92 Å². The van der Waals surface area contributed by atoms with Crippen LogP contribution >= 0.6 is 0 Å². The Morgan fingerprint density at radius 2 is 1.86 bits per heavy atom. The van der Waals surface area contributed by atoms with E-state index in [1.165, 1.54) is 0 Å². The molecule has 0 fully saturated rings. The van der Waals surface area contributed by atoms with Gasteiger partial charge in [-0.15, -0.1) is 0 Å². The van der Waals surface area contributed by atoms with E-state index >= 15 is 0 Å². The highest BCUT2D eigenvalue weighted by Crippen LogP contribution is 2.19. The molecule has 0 saturated heterocycles. The van der Waals surface area contributed by atoms with E-state index in [9.17, 15) is 4.79 Å². The van der Waals surface area contributed by atoms with Gasteiger partial charge in [-0.1, -0.05) is 0 Å². The number of hydrogen-bond acceptors (Lipinski definition) is 4. The zero-order valence-corrected chi connectivity index (χ0v) is 12.8. The first-order chi connectivity index (χ1) is 10.5. The number of aryl methyl sites for hydroxylation is 1. The molecule has 1 amide bonds. The Morgan fingerprint density at radius 3 is 2.55 bits per heavy atom. The molecule has 22 heavy (non-hydrogen) atoms. The average molecular weight is 295 g/mol. The molecule has 0 aliphatic rings. The second-order valence-corrected chi connectivity index (χ2v) is 5.31. The predicted molar refractivity (Wildman–Crippen MR) is 87.5 cm³/mol. The highest BCUT2D eigenvalue weighted by Gasteiger charge is 2.10. The Kier molecular flexibility index (Phi) is 3.55. The summed E-state index contributed by atoms with van der Waals surface area (Å²) in [5.74, 6) is 0.423. The highest BCUT2D eigenvalue weighted by atomic mass is 16.3. The zero-order valence-electron chi connectivity index (χ0n) is 12.8. The number of fused-ring (bicyclic) bond motifs is 1. The zero-order chi connectivity index (χ0) is 15.7. The van der Waals surface area contributed by atoms with Crippen LogP contribution in [0.3, 0.4) is 0 Å². The minimum Gasteiger partial charge on any atom is -0.441 e. The number of nitrogens with zero attached hydrogens (tertiary/aromatic N) is 2. The van der Waals surface area contributed by atoms with Gasteiger partial charge in [0.2, 0.25) is 0 Å². The van der Waals surface area contributed by atoms with Crippen molar-refractivity contribution in [2.24, 2.45) is 0 Å². The lowest BCUT2D eigenvalue weighted by atomic mass is 10.2. The van der Waals surface area contributed by atoms with Gasteiger partial charge in [-0.05, 0) is 42.5 Å². The van der Waals surface area contributed by atoms with E-state index in [4.69, 9.17) is 4.42 Å². The van der Waals surface area contributed by atoms with Crippen LogP contribution in [0.15, 0.2) is 46.9 Å². The molecule has 0 aliphatic heterocycles. The molecular weight excluding hydrogens is 278 g/mol. The Balaban J connectivity index is 1.80. The third-order valence-corrected chi connectivity index (χ3v) is 3.40. The maximum atomic E-state index is 12.3. The fraction of sp³-hybridized carbons (Fsp3) is 0.176. The van der Waals surface area contributed by atoms with Crippen LogP contribution in [0.1, 0.15) is 16.2 Å². The van der Waals surface area contributed by atoms with Gasteiger partial charge in [-0.3, -0.25) is 4.79 Å². The lowest BCUT2D eigenvalue weighted by molar-refractivity contribution is 0.102. The monoisotopic (exact) mass is 295 g/mol. The van der Waals surface area contributed by atoms with Crippen LogP contribution in [0.5, 0.6) is 0 Å². The van der Waals surface area contributed by atoms with E-state index in [-0.39, 0.29) is 5.91 Å². The Labute approximate surface area is 128 Å². The second kappa shape index (κ2) is 5.52. The second-order valence-electron chi connectivity index (χ2n) is 5.31. The van der Waals surface area contributed by atoms with Crippen LogP contribution < -0.4 is 10.2 Å². The molecule has 112 valence electrons. The molecular formula is C17H17N3O2. The minimum atomic E-state index is -0.167. The van der Waals surface area contributed by atoms with E-state index in [2.05, 4.69) is 10.3 Å². The normalized spacial score (nSPS) is 10.7. The fourth-order valence-electron chi connectivity index (χ4n) is 2.23. The van der Waals surface area contributed by atoms with Gasteiger partial charge in [0.15, 0.2) is 11.5 Å². The number of amides is 1. The molecule has 0 spiro atoms. The molecule has 3 aromatic rings. The van der Waals surface area contributed by atoms with Gasteiger partial charge in [-0.2, -0.15) is 0 Å². The SMILES string of the molecule is Cc1nc2cc(C(=O)Nc3ccc(N(C)C)cc3)ccc2o1. The third kappa shape index (κ3) is 2.79. The quantitative estimate of drug-likeness (QED) is 0.804. The average Bonchev–Trinajstić information content (AvgIpc) is 2.86. The first-order valence-corrected chi connectivity index (χ1v) is 6.99. The van der Waals surface area contributed by atoms with Crippen molar-refractivity contribution < 1.29 is 9.21 Å². The number of anilines is 2. The molecule has 3 rings (SSSR count). The summed E-state index contributed by atoms with van der Waals surface area (Å²) in [4.78, 5) is 18.6. The molecule has 0 unspecified atom stereocenters. The number of hydrogen-bond donors (Lipinski definition) is 1. The largest absolute Gasteiger partial charge is 0.441 e. The predicted octanol–water partition coefficient (Wildman–Crippen LogP) is 3.45. The first kappa shape index (κ1) is 14.1. The van der Waals surface area contributed by atoms with Gasteiger partial charge < -0.3 is 14.6 Å². The van der Waals surface area contributed by atoms with Gasteiger partial charge in [-0.25, -0.2) is 4.98 Å². The Hall–Kier alpha value is -2.82. The fourth-order valence-corrected chi connectivity index (χ4v) is 2.23. The van der Waals surface area contributed by atoms with Crippen molar-refractivity contribution in [3.63, 3.8) is 0 Å². The number of oxazole rings is 1. The van der Waals surface area contributed by atoms with E-state index in [0.717, 1.165) is 11.4 Å². The number of benzene rings is 2. The van der Waals surface area contributed by atoms with Gasteiger partial charge >= 0.3 is 0 Å². The van der Waals surface area contributed by atoms with Crippen molar-refractivity contribution in [2.45, 2.75) is 6.92 Å². The molecule has 5 nitrogen and oxygen atoms in total. The molecule has 2 aromatic carbocycles. The maximum absolute atomic E-state index is 12.3. The highest BCUT2D eigenvalue weighted by molar-refractivity contribution is 6.05.